The maximum Gasteiger partial charge on any atom is 0.0644 e. The van der Waals surface area contributed by atoms with Crippen LogP contribution in [0.25, 0.3) is 0 Å². The highest BCUT2D eigenvalue weighted by atomic mass is 32.1. The van der Waals surface area contributed by atoms with E-state index in [1.165, 1.54) is 21.7 Å². The minimum Gasteiger partial charge on any atom is -0.305 e. The van der Waals surface area contributed by atoms with Crippen LogP contribution in [0.3, 0.4) is 0 Å². The molecule has 0 spiro atoms. The molecule has 2 aromatic heterocycles. The average molecular weight is 291 g/mol. The number of nitrogens with zero attached hydrogens (tertiary/aromatic N) is 2. The minimum absolute atomic E-state index is 0.335. The molecular weight excluding hydrogens is 266 g/mol. The predicted octanol–water partition coefficient (Wildman–Crippen LogP) is 3.99. The van der Waals surface area contributed by atoms with Crippen molar-refractivity contribution in [3.8, 4) is 0 Å². The third kappa shape index (κ3) is 2.96. The number of rotatable bonds is 6. The Morgan fingerprint density at radius 2 is 2.10 bits per heavy atom. The summed E-state index contributed by atoms with van der Waals surface area (Å²) >= 11 is 1.85. The molecule has 20 heavy (non-hydrogen) atoms. The molecule has 1 N–H and O–H groups in total. The average Bonchev–Trinajstić information content (AvgIpc) is 3.00. The normalized spacial score (nSPS) is 12.8. The molecule has 2 rings (SSSR count). The molecule has 0 bridgehead atoms. The molecule has 0 radical (unpaired) electrons. The Labute approximate surface area is 126 Å². The Balaban J connectivity index is 2.09. The van der Waals surface area contributed by atoms with Crippen LogP contribution < -0.4 is 5.32 Å². The van der Waals surface area contributed by atoms with Gasteiger partial charge < -0.3 is 5.32 Å². The number of thiophene rings is 1. The second-order valence-corrected chi connectivity index (χ2v) is 6.23. The van der Waals surface area contributed by atoms with Crippen molar-refractivity contribution in [2.45, 2.75) is 60.2 Å². The van der Waals surface area contributed by atoms with Gasteiger partial charge in [-0.15, -0.1) is 11.3 Å². The molecule has 0 aliphatic rings. The Hall–Kier alpha value is -1.13. The number of hydrogen-bond donors (Lipinski definition) is 1. The molecule has 1 unspecified atom stereocenters. The second kappa shape index (κ2) is 6.55. The third-order valence-electron chi connectivity index (χ3n) is 3.96. The Kier molecular flexibility index (Phi) is 5.00. The van der Waals surface area contributed by atoms with Gasteiger partial charge in [0, 0.05) is 35.3 Å². The molecule has 0 saturated heterocycles. The summed E-state index contributed by atoms with van der Waals surface area (Å²) in [6.07, 6.45) is 1.11. The highest BCUT2D eigenvalue weighted by Crippen LogP contribution is 2.23. The zero-order chi connectivity index (χ0) is 14.7. The maximum atomic E-state index is 4.61. The summed E-state index contributed by atoms with van der Waals surface area (Å²) in [4.78, 5) is 1.46. The van der Waals surface area contributed by atoms with E-state index >= 15 is 0 Å². The van der Waals surface area contributed by atoms with E-state index < -0.39 is 0 Å². The monoisotopic (exact) mass is 291 g/mol. The SMILES string of the molecule is CCc1ccsc1CNC(C)c1c(C)nn(CC)c1C. The highest BCUT2D eigenvalue weighted by molar-refractivity contribution is 7.10. The van der Waals surface area contributed by atoms with Crippen molar-refractivity contribution in [2.75, 3.05) is 0 Å². The van der Waals surface area contributed by atoms with Crippen LogP contribution in [-0.2, 0) is 19.5 Å². The van der Waals surface area contributed by atoms with Gasteiger partial charge in [-0.25, -0.2) is 0 Å². The molecule has 3 nitrogen and oxygen atoms in total. The lowest BCUT2D eigenvalue weighted by molar-refractivity contribution is 0.568. The molecule has 2 aromatic rings. The van der Waals surface area contributed by atoms with Gasteiger partial charge in [0.1, 0.15) is 0 Å². The molecule has 4 heteroatoms. The van der Waals surface area contributed by atoms with Crippen molar-refractivity contribution in [3.63, 3.8) is 0 Å². The van der Waals surface area contributed by atoms with Crippen LogP contribution >= 0.6 is 11.3 Å². The van der Waals surface area contributed by atoms with E-state index in [-0.39, 0.29) is 0 Å². The lowest BCUT2D eigenvalue weighted by Crippen LogP contribution is -2.19. The third-order valence-corrected chi connectivity index (χ3v) is 4.92. The zero-order valence-electron chi connectivity index (χ0n) is 13.2. The van der Waals surface area contributed by atoms with Gasteiger partial charge in [-0.2, -0.15) is 5.10 Å². The van der Waals surface area contributed by atoms with E-state index in [1.807, 2.05) is 11.3 Å². The fraction of sp³-hybridized carbons (Fsp3) is 0.562. The second-order valence-electron chi connectivity index (χ2n) is 5.23. The van der Waals surface area contributed by atoms with Crippen LogP contribution in [0.15, 0.2) is 11.4 Å². The summed E-state index contributed by atoms with van der Waals surface area (Å²) in [6, 6.07) is 2.57. The molecule has 0 aromatic carbocycles. The van der Waals surface area contributed by atoms with Crippen molar-refractivity contribution >= 4 is 11.3 Å². The van der Waals surface area contributed by atoms with E-state index in [2.05, 4.69) is 61.2 Å². The van der Waals surface area contributed by atoms with Crippen molar-refractivity contribution in [1.29, 1.82) is 0 Å². The highest BCUT2D eigenvalue weighted by Gasteiger charge is 2.17. The van der Waals surface area contributed by atoms with Gasteiger partial charge in [-0.3, -0.25) is 4.68 Å². The number of nitrogens with one attached hydrogen (secondary N) is 1. The Morgan fingerprint density at radius 3 is 2.70 bits per heavy atom. The van der Waals surface area contributed by atoms with Crippen molar-refractivity contribution in [3.05, 3.63) is 38.8 Å². The largest absolute Gasteiger partial charge is 0.305 e. The van der Waals surface area contributed by atoms with Gasteiger partial charge >= 0.3 is 0 Å². The van der Waals surface area contributed by atoms with Crippen LogP contribution in [0.1, 0.15) is 54.2 Å². The van der Waals surface area contributed by atoms with E-state index in [0.717, 1.165) is 25.2 Å². The molecule has 2 heterocycles. The topological polar surface area (TPSA) is 29.9 Å². The van der Waals surface area contributed by atoms with E-state index in [9.17, 15) is 0 Å². The molecular formula is C16H25N3S. The predicted molar refractivity (Wildman–Crippen MR) is 86.3 cm³/mol. The lowest BCUT2D eigenvalue weighted by Gasteiger charge is -2.15. The lowest BCUT2D eigenvalue weighted by atomic mass is 10.1. The summed E-state index contributed by atoms with van der Waals surface area (Å²) < 4.78 is 2.09. The molecule has 0 fully saturated rings. The zero-order valence-corrected chi connectivity index (χ0v) is 14.0. The van der Waals surface area contributed by atoms with Crippen LogP contribution in [0, 0.1) is 13.8 Å². The Bertz CT molecular complexity index is 568. The summed E-state index contributed by atoms with van der Waals surface area (Å²) in [5, 5.41) is 10.4. The summed E-state index contributed by atoms with van der Waals surface area (Å²) in [7, 11) is 0. The van der Waals surface area contributed by atoms with E-state index in [0.29, 0.717) is 6.04 Å². The Morgan fingerprint density at radius 1 is 1.35 bits per heavy atom. The first-order chi connectivity index (χ1) is 9.58. The van der Waals surface area contributed by atoms with Crippen LogP contribution in [0.2, 0.25) is 0 Å². The molecule has 0 amide bonds. The molecule has 0 aliphatic heterocycles. The fourth-order valence-corrected chi connectivity index (χ4v) is 3.76. The summed E-state index contributed by atoms with van der Waals surface area (Å²) in [5.74, 6) is 0. The quantitative estimate of drug-likeness (QED) is 0.872. The van der Waals surface area contributed by atoms with Gasteiger partial charge in [0.15, 0.2) is 0 Å². The molecule has 0 aliphatic carbocycles. The van der Waals surface area contributed by atoms with E-state index in [1.54, 1.807) is 0 Å². The standard InChI is InChI=1S/C16H25N3S/c1-6-14-8-9-20-15(14)10-17-11(3)16-12(4)18-19(7-2)13(16)5/h8-9,11,17H,6-7,10H2,1-5H3. The van der Waals surface area contributed by atoms with Gasteiger partial charge in [0.25, 0.3) is 0 Å². The molecule has 1 atom stereocenters. The van der Waals surface area contributed by atoms with Crippen LogP contribution in [0.5, 0.6) is 0 Å². The van der Waals surface area contributed by atoms with Crippen molar-refractivity contribution in [2.24, 2.45) is 0 Å². The van der Waals surface area contributed by atoms with Gasteiger partial charge in [0.05, 0.1) is 5.69 Å². The summed E-state index contributed by atoms with van der Waals surface area (Å²) in [6.45, 7) is 12.7. The molecule has 110 valence electrons. The van der Waals surface area contributed by atoms with Crippen molar-refractivity contribution < 1.29 is 0 Å². The number of aromatic nitrogens is 2. The first-order valence-electron chi connectivity index (χ1n) is 7.40. The van der Waals surface area contributed by atoms with Gasteiger partial charge in [-0.1, -0.05) is 6.92 Å². The van der Waals surface area contributed by atoms with Crippen LogP contribution in [0.4, 0.5) is 0 Å². The summed E-state index contributed by atoms with van der Waals surface area (Å²) in [5.41, 5.74) is 5.24. The maximum absolute atomic E-state index is 4.61. The van der Waals surface area contributed by atoms with E-state index in [4.69, 9.17) is 0 Å². The molecule has 0 saturated carbocycles. The van der Waals surface area contributed by atoms with Crippen molar-refractivity contribution in [1.82, 2.24) is 15.1 Å². The fourth-order valence-electron chi connectivity index (χ4n) is 2.83. The number of hydrogen-bond acceptors (Lipinski definition) is 3. The van der Waals surface area contributed by atoms with Gasteiger partial charge in [0.2, 0.25) is 0 Å². The first-order valence-corrected chi connectivity index (χ1v) is 8.28. The number of aryl methyl sites for hydroxylation is 3. The first kappa shape index (κ1) is 15.3. The van der Waals surface area contributed by atoms with Crippen LogP contribution in [-0.4, -0.2) is 9.78 Å². The smallest absolute Gasteiger partial charge is 0.0644 e. The van der Waals surface area contributed by atoms with Gasteiger partial charge in [-0.05, 0) is 51.1 Å². The minimum atomic E-state index is 0.335.